The van der Waals surface area contributed by atoms with Gasteiger partial charge in [0.05, 0.1) is 7.11 Å². The minimum Gasteiger partial charge on any atom is -0.508 e. The number of phenols is 1. The highest BCUT2D eigenvalue weighted by molar-refractivity contribution is 5.86. The highest BCUT2D eigenvalue weighted by Gasteiger charge is 2.05. The fourth-order valence-corrected chi connectivity index (χ4v) is 1.68. The van der Waals surface area contributed by atoms with Crippen molar-refractivity contribution in [3.8, 4) is 23.0 Å². The molecule has 0 amide bonds. The average Bonchev–Trinajstić information content (AvgIpc) is 2.47. The van der Waals surface area contributed by atoms with Crippen LogP contribution in [0.5, 0.6) is 23.0 Å². The van der Waals surface area contributed by atoms with Gasteiger partial charge >= 0.3 is 5.97 Å². The first-order valence-electron chi connectivity index (χ1n) is 6.14. The molecular formula is C16H14O5. The van der Waals surface area contributed by atoms with Gasteiger partial charge in [0.2, 0.25) is 0 Å². The Labute approximate surface area is 121 Å². The zero-order chi connectivity index (χ0) is 15.2. The van der Waals surface area contributed by atoms with E-state index in [2.05, 4.69) is 0 Å². The van der Waals surface area contributed by atoms with Crippen molar-refractivity contribution in [3.63, 3.8) is 0 Å². The molecule has 0 saturated carbocycles. The van der Waals surface area contributed by atoms with Gasteiger partial charge in [-0.1, -0.05) is 0 Å². The molecule has 0 atom stereocenters. The first-order valence-corrected chi connectivity index (χ1v) is 6.14. The molecule has 2 aromatic carbocycles. The summed E-state index contributed by atoms with van der Waals surface area (Å²) in [6.07, 6.45) is 2.41. The number of phenolic OH excluding ortho intramolecular Hbond substituents is 1. The van der Waals surface area contributed by atoms with E-state index in [9.17, 15) is 9.90 Å². The summed E-state index contributed by atoms with van der Waals surface area (Å²) < 4.78 is 10.7. The van der Waals surface area contributed by atoms with E-state index in [1.807, 2.05) is 0 Å². The van der Waals surface area contributed by atoms with Gasteiger partial charge in [-0.25, -0.2) is 4.79 Å². The summed E-state index contributed by atoms with van der Waals surface area (Å²) in [6.45, 7) is 0. The van der Waals surface area contributed by atoms with Gasteiger partial charge in [0.25, 0.3) is 0 Å². The Morgan fingerprint density at radius 2 is 1.76 bits per heavy atom. The van der Waals surface area contributed by atoms with Gasteiger partial charge in [0.1, 0.15) is 23.0 Å². The Morgan fingerprint density at radius 1 is 1.10 bits per heavy atom. The number of methoxy groups -OCH3 is 1. The monoisotopic (exact) mass is 286 g/mol. The van der Waals surface area contributed by atoms with Crippen LogP contribution in [0.1, 0.15) is 5.56 Å². The Balaban J connectivity index is 2.28. The van der Waals surface area contributed by atoms with E-state index in [4.69, 9.17) is 14.6 Å². The van der Waals surface area contributed by atoms with Crippen LogP contribution in [-0.2, 0) is 4.79 Å². The summed E-state index contributed by atoms with van der Waals surface area (Å²) in [5.41, 5.74) is 0.547. The zero-order valence-electron chi connectivity index (χ0n) is 11.3. The lowest BCUT2D eigenvalue weighted by atomic mass is 10.1. The predicted octanol–water partition coefficient (Wildman–Crippen LogP) is 3.29. The lowest BCUT2D eigenvalue weighted by Gasteiger charge is -2.10. The first kappa shape index (κ1) is 14.5. The summed E-state index contributed by atoms with van der Waals surface area (Å²) >= 11 is 0. The molecule has 5 heteroatoms. The van der Waals surface area contributed by atoms with E-state index in [0.717, 1.165) is 6.08 Å². The lowest BCUT2D eigenvalue weighted by molar-refractivity contribution is -0.131. The molecule has 0 fully saturated rings. The van der Waals surface area contributed by atoms with Crippen LogP contribution in [0.3, 0.4) is 0 Å². The molecule has 108 valence electrons. The van der Waals surface area contributed by atoms with E-state index in [-0.39, 0.29) is 5.75 Å². The summed E-state index contributed by atoms with van der Waals surface area (Å²) in [4.78, 5) is 10.6. The molecule has 2 aromatic rings. The van der Waals surface area contributed by atoms with Crippen molar-refractivity contribution in [3.05, 3.63) is 54.1 Å². The average molecular weight is 286 g/mol. The second kappa shape index (κ2) is 6.47. The van der Waals surface area contributed by atoms with Crippen molar-refractivity contribution in [2.75, 3.05) is 7.11 Å². The number of aromatic hydroxyl groups is 1. The van der Waals surface area contributed by atoms with Crippen LogP contribution in [0.25, 0.3) is 6.08 Å². The van der Waals surface area contributed by atoms with Gasteiger partial charge in [-0.2, -0.15) is 0 Å². The lowest BCUT2D eigenvalue weighted by Crippen LogP contribution is -1.90. The Kier molecular flexibility index (Phi) is 4.46. The molecule has 0 bridgehead atoms. The van der Waals surface area contributed by atoms with Gasteiger partial charge in [0.15, 0.2) is 0 Å². The van der Waals surface area contributed by atoms with E-state index < -0.39 is 5.97 Å². The summed E-state index contributed by atoms with van der Waals surface area (Å²) in [6, 6.07) is 11.4. The van der Waals surface area contributed by atoms with Crippen LogP contribution in [0, 0.1) is 0 Å². The van der Waals surface area contributed by atoms with Crippen LogP contribution < -0.4 is 9.47 Å². The molecule has 5 nitrogen and oxygen atoms in total. The van der Waals surface area contributed by atoms with E-state index in [1.54, 1.807) is 37.4 Å². The molecule has 0 unspecified atom stereocenters. The van der Waals surface area contributed by atoms with Crippen LogP contribution in [0.4, 0.5) is 0 Å². The Morgan fingerprint density at radius 3 is 2.38 bits per heavy atom. The van der Waals surface area contributed by atoms with Crippen LogP contribution in [0.2, 0.25) is 0 Å². The number of carbonyl (C=O) groups is 1. The maximum Gasteiger partial charge on any atom is 0.328 e. The van der Waals surface area contributed by atoms with E-state index in [1.165, 1.54) is 18.2 Å². The molecule has 0 saturated heterocycles. The van der Waals surface area contributed by atoms with Crippen molar-refractivity contribution in [2.24, 2.45) is 0 Å². The fourth-order valence-electron chi connectivity index (χ4n) is 1.68. The highest BCUT2D eigenvalue weighted by Crippen LogP contribution is 2.30. The number of aliphatic carboxylic acids is 1. The van der Waals surface area contributed by atoms with E-state index in [0.29, 0.717) is 22.8 Å². The van der Waals surface area contributed by atoms with Crippen LogP contribution >= 0.6 is 0 Å². The minimum absolute atomic E-state index is 0.0333. The van der Waals surface area contributed by atoms with Crippen LogP contribution in [0.15, 0.2) is 48.5 Å². The Bertz CT molecular complexity index is 659. The van der Waals surface area contributed by atoms with Gasteiger partial charge in [-0.3, -0.25) is 0 Å². The highest BCUT2D eigenvalue weighted by atomic mass is 16.5. The smallest absolute Gasteiger partial charge is 0.328 e. The minimum atomic E-state index is -1.06. The van der Waals surface area contributed by atoms with Gasteiger partial charge in [0, 0.05) is 17.7 Å². The molecule has 2 rings (SSSR count). The van der Waals surface area contributed by atoms with Gasteiger partial charge in [-0.05, 0) is 42.5 Å². The topological polar surface area (TPSA) is 76.0 Å². The second-order valence-corrected chi connectivity index (χ2v) is 4.17. The first-order chi connectivity index (χ1) is 10.1. The molecule has 0 heterocycles. The van der Waals surface area contributed by atoms with Crippen molar-refractivity contribution in [2.45, 2.75) is 0 Å². The number of hydrogen-bond donors (Lipinski definition) is 2. The van der Waals surface area contributed by atoms with Gasteiger partial charge < -0.3 is 19.7 Å². The third-order valence-electron chi connectivity index (χ3n) is 2.69. The number of benzene rings is 2. The molecule has 0 radical (unpaired) electrons. The standard InChI is InChI=1S/C16H14O5/c1-20-13-5-7-14(8-6-13)21-15-10-12(17)4-2-11(15)3-9-16(18)19/h2-10,17H,1H3,(H,18,19). The maximum absolute atomic E-state index is 10.6. The molecule has 0 aliphatic carbocycles. The summed E-state index contributed by atoms with van der Waals surface area (Å²) in [5, 5.41) is 18.2. The maximum atomic E-state index is 10.6. The van der Waals surface area contributed by atoms with E-state index >= 15 is 0 Å². The largest absolute Gasteiger partial charge is 0.508 e. The third-order valence-corrected chi connectivity index (χ3v) is 2.69. The second-order valence-electron chi connectivity index (χ2n) is 4.17. The number of ether oxygens (including phenoxy) is 2. The van der Waals surface area contributed by atoms with Crippen molar-refractivity contribution in [1.29, 1.82) is 0 Å². The zero-order valence-corrected chi connectivity index (χ0v) is 11.3. The fraction of sp³-hybridized carbons (Fsp3) is 0.0625. The van der Waals surface area contributed by atoms with Crippen molar-refractivity contribution >= 4 is 12.0 Å². The summed E-state index contributed by atoms with van der Waals surface area (Å²) in [7, 11) is 1.57. The SMILES string of the molecule is COc1ccc(Oc2cc(O)ccc2C=CC(=O)O)cc1. The van der Waals surface area contributed by atoms with Gasteiger partial charge in [-0.15, -0.1) is 0 Å². The Hall–Kier alpha value is -2.95. The number of rotatable bonds is 5. The third kappa shape index (κ3) is 4.01. The quantitative estimate of drug-likeness (QED) is 0.825. The molecule has 2 N–H and O–H groups in total. The van der Waals surface area contributed by atoms with Crippen LogP contribution in [-0.4, -0.2) is 23.3 Å². The predicted molar refractivity (Wildman–Crippen MR) is 77.8 cm³/mol. The molecule has 0 aliphatic rings. The molecule has 21 heavy (non-hydrogen) atoms. The van der Waals surface area contributed by atoms with Crippen molar-refractivity contribution in [1.82, 2.24) is 0 Å². The van der Waals surface area contributed by atoms with Crippen molar-refractivity contribution < 1.29 is 24.5 Å². The molecule has 0 aliphatic heterocycles. The normalized spacial score (nSPS) is 10.5. The number of carboxylic acid groups (broad SMARTS) is 1. The molecular weight excluding hydrogens is 272 g/mol. The molecule has 0 aromatic heterocycles. The summed E-state index contributed by atoms with van der Waals surface area (Å²) in [5.74, 6) is 0.581. The number of carboxylic acids is 1. The molecule has 0 spiro atoms. The number of hydrogen-bond acceptors (Lipinski definition) is 4.